The van der Waals surface area contributed by atoms with Crippen LogP contribution in [-0.2, 0) is 11.2 Å². The summed E-state index contributed by atoms with van der Waals surface area (Å²) in [5.41, 5.74) is 0. The summed E-state index contributed by atoms with van der Waals surface area (Å²) >= 11 is -0.705. The van der Waals surface area contributed by atoms with E-state index in [1.165, 1.54) is 5.92 Å². The van der Waals surface area contributed by atoms with Crippen LogP contribution in [0.5, 0.6) is 0 Å². The van der Waals surface area contributed by atoms with Crippen LogP contribution in [0.25, 0.3) is 0 Å². The van der Waals surface area contributed by atoms with Crippen LogP contribution in [0.15, 0.2) is 12.7 Å². The van der Waals surface area contributed by atoms with Crippen LogP contribution in [0.2, 0.25) is 0 Å². The van der Waals surface area contributed by atoms with Crippen molar-refractivity contribution < 1.29 is 4.55 Å². The first-order valence-electron chi connectivity index (χ1n) is 2.91. The fourth-order valence-corrected chi connectivity index (χ4v) is 1.54. The van der Waals surface area contributed by atoms with Crippen LogP contribution in [0, 0.1) is 5.92 Å². The number of hydrogen-bond donors (Lipinski definition) is 0. The van der Waals surface area contributed by atoms with Gasteiger partial charge in [0.05, 0.1) is 0 Å². The van der Waals surface area contributed by atoms with Crippen LogP contribution in [0.3, 0.4) is 0 Å². The maximum atomic E-state index is 10.9. The van der Waals surface area contributed by atoms with Crippen LogP contribution in [-0.4, -0.2) is 16.1 Å². The van der Waals surface area contributed by atoms with Gasteiger partial charge >= 0.3 is 0 Å². The van der Waals surface area contributed by atoms with Crippen molar-refractivity contribution in [2.75, 3.05) is 11.5 Å². The topological polar surface area (TPSA) is 23.1 Å². The lowest BCUT2D eigenvalue weighted by molar-refractivity contribution is 0.598. The molecule has 0 saturated heterocycles. The number of rotatable bonds is 4. The molecule has 1 radical (unpaired) electrons. The molecule has 0 amide bonds. The van der Waals surface area contributed by atoms with Gasteiger partial charge in [0.2, 0.25) is 0 Å². The summed E-state index contributed by atoms with van der Waals surface area (Å²) in [7, 11) is 0. The summed E-state index contributed by atoms with van der Waals surface area (Å²) in [6.07, 6.45) is 1.69. The van der Waals surface area contributed by atoms with E-state index >= 15 is 0 Å². The van der Waals surface area contributed by atoms with Crippen LogP contribution < -0.4 is 0 Å². The molecule has 2 heteroatoms. The van der Waals surface area contributed by atoms with Gasteiger partial charge in [-0.15, -0.1) is 0 Å². The zero-order valence-electron chi connectivity index (χ0n) is 6.02. The van der Waals surface area contributed by atoms with E-state index in [0.29, 0.717) is 11.5 Å². The molecule has 0 aromatic carbocycles. The highest BCUT2D eigenvalue weighted by Crippen LogP contribution is 2.01. The van der Waals surface area contributed by atoms with Crippen LogP contribution in [0.4, 0.5) is 0 Å². The molecule has 0 aliphatic carbocycles. The molecule has 0 bridgehead atoms. The molecule has 0 fully saturated rings. The molecule has 0 aliphatic rings. The molecule has 0 heterocycles. The highest BCUT2D eigenvalue weighted by molar-refractivity contribution is 7.91. The highest BCUT2D eigenvalue weighted by Gasteiger charge is 2.05. The van der Waals surface area contributed by atoms with Crippen molar-refractivity contribution >= 4 is 11.2 Å². The standard InChI is InChI=1S/C7H13OS/c1-4-5-9(8)6-7(2)3/h4H,1,5-6H2,2-3H3. The second kappa shape index (κ2) is 4.89. The molecule has 0 spiro atoms. The normalized spacial score (nSPS) is 13.8. The summed E-state index contributed by atoms with van der Waals surface area (Å²) in [6.45, 7) is 7.48. The summed E-state index contributed by atoms with van der Waals surface area (Å²) in [5.74, 6) is 2.55. The van der Waals surface area contributed by atoms with Crippen molar-refractivity contribution in [1.82, 2.24) is 0 Å². The first kappa shape index (κ1) is 9.05. The first-order valence-corrected chi connectivity index (χ1v) is 4.40. The Bertz CT molecular complexity index is 81.0. The predicted octanol–water partition coefficient (Wildman–Crippen LogP) is 1.54. The quantitative estimate of drug-likeness (QED) is 0.434. The molecular formula is C7H13OS. The molecule has 0 saturated carbocycles. The van der Waals surface area contributed by atoms with Gasteiger partial charge in [0.25, 0.3) is 0 Å². The Morgan fingerprint density at radius 2 is 2.22 bits per heavy atom. The largest absolute Gasteiger partial charge is 0.616 e. The third-order valence-corrected chi connectivity index (χ3v) is 2.26. The summed E-state index contributed by atoms with van der Waals surface area (Å²) in [4.78, 5) is 0. The summed E-state index contributed by atoms with van der Waals surface area (Å²) in [5, 5.41) is 0. The molecule has 0 aliphatic heterocycles. The SMILES string of the molecule is C=CC[S+]([O-])C[C](C)C. The van der Waals surface area contributed by atoms with E-state index in [-0.39, 0.29) is 0 Å². The van der Waals surface area contributed by atoms with E-state index in [2.05, 4.69) is 6.58 Å². The third kappa shape index (κ3) is 5.93. The van der Waals surface area contributed by atoms with E-state index in [0.717, 1.165) is 0 Å². The lowest BCUT2D eigenvalue weighted by atomic mass is 10.3. The van der Waals surface area contributed by atoms with Gasteiger partial charge < -0.3 is 4.55 Å². The first-order chi connectivity index (χ1) is 4.16. The van der Waals surface area contributed by atoms with Crippen molar-refractivity contribution in [3.05, 3.63) is 18.6 Å². The second-order valence-electron chi connectivity index (χ2n) is 2.25. The van der Waals surface area contributed by atoms with Gasteiger partial charge in [0.1, 0.15) is 11.5 Å². The minimum absolute atomic E-state index is 0.616. The molecule has 1 unspecified atom stereocenters. The molecule has 1 nitrogen and oxygen atoms in total. The predicted molar refractivity (Wildman–Crippen MR) is 42.7 cm³/mol. The van der Waals surface area contributed by atoms with E-state index in [4.69, 9.17) is 0 Å². The Morgan fingerprint density at radius 3 is 2.56 bits per heavy atom. The fourth-order valence-electron chi connectivity index (χ4n) is 0.512. The lowest BCUT2D eigenvalue weighted by Crippen LogP contribution is -2.12. The summed E-state index contributed by atoms with van der Waals surface area (Å²) in [6, 6.07) is 0. The van der Waals surface area contributed by atoms with Crippen molar-refractivity contribution in [3.63, 3.8) is 0 Å². The van der Waals surface area contributed by atoms with Crippen LogP contribution >= 0.6 is 0 Å². The Balaban J connectivity index is 3.25. The van der Waals surface area contributed by atoms with Gasteiger partial charge in [-0.25, -0.2) is 0 Å². The Labute approximate surface area is 60.3 Å². The Morgan fingerprint density at radius 1 is 1.67 bits per heavy atom. The summed E-state index contributed by atoms with van der Waals surface area (Å²) < 4.78 is 10.9. The molecule has 1 atom stereocenters. The third-order valence-electron chi connectivity index (χ3n) is 0.753. The van der Waals surface area contributed by atoms with Gasteiger partial charge in [-0.3, -0.25) is 0 Å². The van der Waals surface area contributed by atoms with Crippen molar-refractivity contribution in [2.24, 2.45) is 0 Å². The van der Waals surface area contributed by atoms with Crippen molar-refractivity contribution in [2.45, 2.75) is 13.8 Å². The lowest BCUT2D eigenvalue weighted by Gasteiger charge is -2.09. The molecule has 53 valence electrons. The van der Waals surface area contributed by atoms with Crippen molar-refractivity contribution in [1.29, 1.82) is 0 Å². The van der Waals surface area contributed by atoms with E-state index in [9.17, 15) is 4.55 Å². The maximum absolute atomic E-state index is 10.9. The Kier molecular flexibility index (Phi) is 4.91. The maximum Gasteiger partial charge on any atom is 0.123 e. The van der Waals surface area contributed by atoms with Gasteiger partial charge in [0, 0.05) is 5.92 Å². The fraction of sp³-hybridized carbons (Fsp3) is 0.571. The van der Waals surface area contributed by atoms with Gasteiger partial charge in [-0.2, -0.15) is 0 Å². The monoisotopic (exact) mass is 145 g/mol. The molecule has 9 heavy (non-hydrogen) atoms. The van der Waals surface area contributed by atoms with Gasteiger partial charge in [-0.05, 0) is 17.3 Å². The van der Waals surface area contributed by atoms with Gasteiger partial charge in [-0.1, -0.05) is 20.4 Å². The van der Waals surface area contributed by atoms with E-state index in [1.807, 2.05) is 13.8 Å². The number of hydrogen-bond acceptors (Lipinski definition) is 1. The average Bonchev–Trinajstić information content (AvgIpc) is 1.63. The second-order valence-corrected chi connectivity index (χ2v) is 3.75. The minimum Gasteiger partial charge on any atom is -0.616 e. The smallest absolute Gasteiger partial charge is 0.123 e. The van der Waals surface area contributed by atoms with E-state index < -0.39 is 11.2 Å². The molecule has 0 aromatic rings. The molecule has 0 rings (SSSR count). The van der Waals surface area contributed by atoms with Crippen molar-refractivity contribution in [3.8, 4) is 0 Å². The average molecular weight is 145 g/mol. The van der Waals surface area contributed by atoms with Gasteiger partial charge in [0.15, 0.2) is 0 Å². The molecule has 0 N–H and O–H groups in total. The zero-order valence-corrected chi connectivity index (χ0v) is 6.83. The highest BCUT2D eigenvalue weighted by atomic mass is 32.2. The van der Waals surface area contributed by atoms with Crippen LogP contribution in [0.1, 0.15) is 13.8 Å². The molecular weight excluding hydrogens is 132 g/mol. The zero-order chi connectivity index (χ0) is 7.28. The minimum atomic E-state index is -0.705. The Hall–Kier alpha value is 0.0500. The van der Waals surface area contributed by atoms with E-state index in [1.54, 1.807) is 6.08 Å². The molecule has 0 aromatic heterocycles.